The van der Waals surface area contributed by atoms with Crippen LogP contribution in [0.4, 0.5) is 4.39 Å². The van der Waals surface area contributed by atoms with E-state index in [0.717, 1.165) is 18.4 Å². The zero-order valence-electron chi connectivity index (χ0n) is 7.93. The molecule has 0 amide bonds. The van der Waals surface area contributed by atoms with Crippen molar-refractivity contribution in [1.82, 2.24) is 0 Å². The molecule has 0 fully saturated rings. The van der Waals surface area contributed by atoms with E-state index in [1.165, 1.54) is 19.1 Å². The summed E-state index contributed by atoms with van der Waals surface area (Å²) in [5.74, 6) is -0.409. The second-order valence-corrected chi connectivity index (χ2v) is 3.11. The fourth-order valence-corrected chi connectivity index (χ4v) is 1.36. The van der Waals surface area contributed by atoms with Crippen LogP contribution in [0.15, 0.2) is 18.2 Å². The number of carbonyl (C=O) groups excluding carboxylic acids is 1. The number of hydrogen-bond acceptors (Lipinski definition) is 1. The van der Waals surface area contributed by atoms with E-state index in [0.29, 0.717) is 5.56 Å². The third kappa shape index (κ3) is 2.38. The molecule has 13 heavy (non-hydrogen) atoms. The maximum atomic E-state index is 12.8. The maximum Gasteiger partial charge on any atom is 0.160 e. The number of ketones is 1. The minimum atomic E-state index is -0.343. The highest BCUT2D eigenvalue weighted by Gasteiger charge is 2.07. The first-order chi connectivity index (χ1) is 6.15. The molecule has 1 rings (SSSR count). The molecule has 0 saturated carbocycles. The van der Waals surface area contributed by atoms with Gasteiger partial charge in [0.05, 0.1) is 0 Å². The van der Waals surface area contributed by atoms with E-state index in [1.807, 2.05) is 6.92 Å². The number of halogens is 1. The number of rotatable bonds is 3. The summed E-state index contributed by atoms with van der Waals surface area (Å²) in [7, 11) is 0. The van der Waals surface area contributed by atoms with Crippen LogP contribution in [0.5, 0.6) is 0 Å². The number of benzene rings is 1. The van der Waals surface area contributed by atoms with Crippen molar-refractivity contribution in [1.29, 1.82) is 0 Å². The molecule has 2 heteroatoms. The van der Waals surface area contributed by atoms with Gasteiger partial charge in [-0.2, -0.15) is 0 Å². The fourth-order valence-electron chi connectivity index (χ4n) is 1.36. The van der Waals surface area contributed by atoms with E-state index in [1.54, 1.807) is 6.07 Å². The Morgan fingerprint density at radius 2 is 2.15 bits per heavy atom. The molecular formula is C11H13FO. The zero-order chi connectivity index (χ0) is 9.84. The van der Waals surface area contributed by atoms with Crippen LogP contribution in [0, 0.1) is 5.82 Å². The molecule has 0 unspecified atom stereocenters. The Morgan fingerprint density at radius 1 is 1.46 bits per heavy atom. The molecule has 70 valence electrons. The van der Waals surface area contributed by atoms with E-state index in [4.69, 9.17) is 0 Å². The summed E-state index contributed by atoms with van der Waals surface area (Å²) in [5, 5.41) is 0. The standard InChI is InChI=1S/C11H13FO/c1-3-4-9-5-6-10(12)7-11(9)8(2)13/h5-7H,3-4H2,1-2H3. The van der Waals surface area contributed by atoms with Gasteiger partial charge in [0.2, 0.25) is 0 Å². The van der Waals surface area contributed by atoms with Crippen molar-refractivity contribution >= 4 is 5.78 Å². The fraction of sp³-hybridized carbons (Fsp3) is 0.364. The van der Waals surface area contributed by atoms with Crippen LogP contribution in [0.2, 0.25) is 0 Å². The van der Waals surface area contributed by atoms with Gasteiger partial charge in [-0.3, -0.25) is 4.79 Å². The molecule has 0 aliphatic carbocycles. The third-order valence-corrected chi connectivity index (χ3v) is 1.97. The van der Waals surface area contributed by atoms with Gasteiger partial charge >= 0.3 is 0 Å². The van der Waals surface area contributed by atoms with Gasteiger partial charge in [0.15, 0.2) is 5.78 Å². The molecule has 0 bridgehead atoms. The number of aryl methyl sites for hydroxylation is 1. The van der Waals surface area contributed by atoms with E-state index >= 15 is 0 Å². The molecule has 0 saturated heterocycles. The molecular weight excluding hydrogens is 167 g/mol. The van der Waals surface area contributed by atoms with Crippen LogP contribution in [0.1, 0.15) is 36.2 Å². The first kappa shape index (κ1) is 9.90. The quantitative estimate of drug-likeness (QED) is 0.653. The number of Topliss-reactive ketones (excluding diaryl/α,β-unsaturated/α-hetero) is 1. The lowest BCUT2D eigenvalue weighted by atomic mass is 10.0. The second kappa shape index (κ2) is 4.17. The highest BCUT2D eigenvalue weighted by atomic mass is 19.1. The van der Waals surface area contributed by atoms with Gasteiger partial charge in [0, 0.05) is 5.56 Å². The Hall–Kier alpha value is -1.18. The SMILES string of the molecule is CCCc1ccc(F)cc1C(C)=O. The molecule has 1 nitrogen and oxygen atoms in total. The summed E-state index contributed by atoms with van der Waals surface area (Å²) in [4.78, 5) is 11.1. The monoisotopic (exact) mass is 180 g/mol. The van der Waals surface area contributed by atoms with Gasteiger partial charge in [0.1, 0.15) is 5.82 Å². The van der Waals surface area contributed by atoms with Crippen molar-refractivity contribution in [2.75, 3.05) is 0 Å². The maximum absolute atomic E-state index is 12.8. The van der Waals surface area contributed by atoms with Crippen molar-refractivity contribution in [3.05, 3.63) is 35.1 Å². The highest BCUT2D eigenvalue weighted by molar-refractivity contribution is 5.95. The van der Waals surface area contributed by atoms with E-state index in [-0.39, 0.29) is 11.6 Å². The second-order valence-electron chi connectivity index (χ2n) is 3.11. The molecule has 1 aromatic carbocycles. The van der Waals surface area contributed by atoms with Crippen molar-refractivity contribution in [2.45, 2.75) is 26.7 Å². The van der Waals surface area contributed by atoms with Gasteiger partial charge in [-0.1, -0.05) is 19.4 Å². The van der Waals surface area contributed by atoms with E-state index < -0.39 is 0 Å². The molecule has 0 spiro atoms. The lowest BCUT2D eigenvalue weighted by Gasteiger charge is -2.04. The molecule has 0 atom stereocenters. The first-order valence-electron chi connectivity index (χ1n) is 4.44. The smallest absolute Gasteiger partial charge is 0.160 e. The lowest BCUT2D eigenvalue weighted by Crippen LogP contribution is -2.00. The topological polar surface area (TPSA) is 17.1 Å². The molecule has 0 radical (unpaired) electrons. The van der Waals surface area contributed by atoms with Crippen LogP contribution in [-0.2, 0) is 6.42 Å². The molecule has 0 N–H and O–H groups in total. The average Bonchev–Trinajstić information content (AvgIpc) is 2.08. The van der Waals surface area contributed by atoms with Crippen LogP contribution in [0.3, 0.4) is 0 Å². The Kier molecular flexibility index (Phi) is 3.18. The summed E-state index contributed by atoms with van der Waals surface area (Å²) < 4.78 is 12.8. The molecule has 0 aliphatic rings. The van der Waals surface area contributed by atoms with E-state index in [2.05, 4.69) is 0 Å². The van der Waals surface area contributed by atoms with Gasteiger partial charge in [-0.05, 0) is 31.0 Å². The first-order valence-corrected chi connectivity index (χ1v) is 4.44. The normalized spacial score (nSPS) is 10.1. The predicted octanol–water partition coefficient (Wildman–Crippen LogP) is 2.98. The molecule has 0 aliphatic heterocycles. The molecule has 0 aromatic heterocycles. The summed E-state index contributed by atoms with van der Waals surface area (Å²) in [6.45, 7) is 3.50. The Labute approximate surface area is 77.6 Å². The van der Waals surface area contributed by atoms with E-state index in [9.17, 15) is 9.18 Å². The van der Waals surface area contributed by atoms with Crippen LogP contribution < -0.4 is 0 Å². The van der Waals surface area contributed by atoms with Gasteiger partial charge in [-0.15, -0.1) is 0 Å². The Bertz CT molecular complexity index is 318. The summed E-state index contributed by atoms with van der Waals surface area (Å²) >= 11 is 0. The number of carbonyl (C=O) groups is 1. The van der Waals surface area contributed by atoms with Crippen molar-refractivity contribution in [2.24, 2.45) is 0 Å². The van der Waals surface area contributed by atoms with Crippen molar-refractivity contribution in [3.63, 3.8) is 0 Å². The van der Waals surface area contributed by atoms with Gasteiger partial charge < -0.3 is 0 Å². The van der Waals surface area contributed by atoms with Crippen molar-refractivity contribution < 1.29 is 9.18 Å². The van der Waals surface area contributed by atoms with Crippen LogP contribution in [0.25, 0.3) is 0 Å². The molecule has 0 heterocycles. The summed E-state index contributed by atoms with van der Waals surface area (Å²) in [6, 6.07) is 4.40. The van der Waals surface area contributed by atoms with Crippen LogP contribution >= 0.6 is 0 Å². The highest BCUT2D eigenvalue weighted by Crippen LogP contribution is 2.13. The van der Waals surface area contributed by atoms with Gasteiger partial charge in [-0.25, -0.2) is 4.39 Å². The average molecular weight is 180 g/mol. The van der Waals surface area contributed by atoms with Gasteiger partial charge in [0.25, 0.3) is 0 Å². The van der Waals surface area contributed by atoms with Crippen LogP contribution in [-0.4, -0.2) is 5.78 Å². The number of hydrogen-bond donors (Lipinski definition) is 0. The largest absolute Gasteiger partial charge is 0.294 e. The van der Waals surface area contributed by atoms with Crippen molar-refractivity contribution in [3.8, 4) is 0 Å². The third-order valence-electron chi connectivity index (χ3n) is 1.97. The summed E-state index contributed by atoms with van der Waals surface area (Å²) in [5.41, 5.74) is 1.46. The molecule has 1 aromatic rings. The zero-order valence-corrected chi connectivity index (χ0v) is 7.93. The minimum absolute atomic E-state index is 0.0667. The Balaban J connectivity index is 3.10. The predicted molar refractivity (Wildman–Crippen MR) is 50.4 cm³/mol. The lowest BCUT2D eigenvalue weighted by molar-refractivity contribution is 0.101. The minimum Gasteiger partial charge on any atom is -0.294 e. The Morgan fingerprint density at radius 3 is 2.69 bits per heavy atom. The summed E-state index contributed by atoms with van der Waals surface area (Å²) in [6.07, 6.45) is 1.79.